The van der Waals surface area contributed by atoms with Crippen molar-refractivity contribution in [3.8, 4) is 0 Å². The van der Waals surface area contributed by atoms with E-state index in [1.54, 1.807) is 13.0 Å². The predicted molar refractivity (Wildman–Crippen MR) is 101 cm³/mol. The van der Waals surface area contributed by atoms with Crippen LogP contribution in [0.4, 0.5) is 10.1 Å². The molecule has 0 aliphatic heterocycles. The van der Waals surface area contributed by atoms with Gasteiger partial charge in [-0.15, -0.1) is 0 Å². The summed E-state index contributed by atoms with van der Waals surface area (Å²) in [6, 6.07) is 4.68. The van der Waals surface area contributed by atoms with Crippen LogP contribution in [0.3, 0.4) is 0 Å². The third-order valence-corrected chi connectivity index (χ3v) is 4.43. The smallest absolute Gasteiger partial charge is 0.278 e. The normalized spacial score (nSPS) is 13.3. The lowest BCUT2D eigenvalue weighted by atomic mass is 10.1. The highest BCUT2D eigenvalue weighted by Crippen LogP contribution is 2.25. The fourth-order valence-electron chi connectivity index (χ4n) is 2.76. The van der Waals surface area contributed by atoms with Crippen molar-refractivity contribution in [1.82, 2.24) is 15.1 Å². The summed E-state index contributed by atoms with van der Waals surface area (Å²) in [4.78, 5) is 24.8. The average Bonchev–Trinajstić information content (AvgIpc) is 3.40. The highest BCUT2D eigenvalue weighted by Gasteiger charge is 2.24. The Morgan fingerprint density at radius 3 is 2.78 bits per heavy atom. The summed E-state index contributed by atoms with van der Waals surface area (Å²) in [7, 11) is 0. The number of rotatable bonds is 7. The molecule has 1 aliphatic carbocycles. The van der Waals surface area contributed by atoms with Crippen molar-refractivity contribution in [3.63, 3.8) is 0 Å². The molecule has 3 rings (SSSR count). The molecule has 0 bridgehead atoms. The molecule has 7 nitrogen and oxygen atoms in total. The molecule has 0 spiro atoms. The maximum atomic E-state index is 13.1. The largest absolute Gasteiger partial charge is 0.380 e. The van der Waals surface area contributed by atoms with Crippen molar-refractivity contribution in [2.24, 2.45) is 0 Å². The molecular formula is C19H22FN5O2. The van der Waals surface area contributed by atoms with Crippen LogP contribution in [0, 0.1) is 18.2 Å². The van der Waals surface area contributed by atoms with Crippen LogP contribution in [-0.4, -0.2) is 27.4 Å². The van der Waals surface area contributed by atoms with Gasteiger partial charge in [-0.1, -0.05) is 6.07 Å². The lowest BCUT2D eigenvalue weighted by Gasteiger charge is -2.13. The monoisotopic (exact) mass is 371 g/mol. The molecular weight excluding hydrogens is 349 g/mol. The van der Waals surface area contributed by atoms with E-state index in [0.29, 0.717) is 11.7 Å². The Morgan fingerprint density at radius 1 is 1.41 bits per heavy atom. The molecule has 1 aromatic heterocycles. The molecule has 1 saturated carbocycles. The number of nitrogens with one attached hydrogen (secondary N) is 3. The van der Waals surface area contributed by atoms with E-state index in [-0.39, 0.29) is 36.1 Å². The van der Waals surface area contributed by atoms with Crippen LogP contribution in [0.5, 0.6) is 0 Å². The van der Waals surface area contributed by atoms with Crippen molar-refractivity contribution in [2.45, 2.75) is 45.8 Å². The average molecular weight is 371 g/mol. The molecule has 1 aromatic carbocycles. The number of anilines is 1. The molecule has 0 saturated heterocycles. The number of carbonyl (C=O) groups is 1. The van der Waals surface area contributed by atoms with Crippen molar-refractivity contribution in [3.05, 3.63) is 57.3 Å². The first-order valence-electron chi connectivity index (χ1n) is 8.79. The minimum Gasteiger partial charge on any atom is -0.380 e. The van der Waals surface area contributed by atoms with E-state index in [9.17, 15) is 14.0 Å². The Balaban J connectivity index is 1.70. The molecule has 1 aliphatic rings. The molecule has 1 fully saturated rings. The standard InChI is InChI=1S/C19H22FN5O2/c1-11-7-14(20)4-3-13(11)8-22-17(26)10-25-19(27)18(12(2)21)16(9-23-25)24-15-5-6-15/h3-4,7,9,15,21,24H,5-6,8,10H2,1-2H3,(H,22,26). The Hall–Kier alpha value is -3.03. The number of hydrogen-bond donors (Lipinski definition) is 3. The summed E-state index contributed by atoms with van der Waals surface area (Å²) in [5.74, 6) is -0.711. The number of hydrogen-bond acceptors (Lipinski definition) is 5. The Bertz CT molecular complexity index is 950. The van der Waals surface area contributed by atoms with E-state index in [4.69, 9.17) is 5.41 Å². The van der Waals surface area contributed by atoms with Crippen LogP contribution in [0.15, 0.2) is 29.2 Å². The van der Waals surface area contributed by atoms with Gasteiger partial charge in [-0.2, -0.15) is 5.10 Å². The molecule has 27 heavy (non-hydrogen) atoms. The summed E-state index contributed by atoms with van der Waals surface area (Å²) in [5, 5.41) is 17.9. The van der Waals surface area contributed by atoms with Gasteiger partial charge in [0.15, 0.2) is 0 Å². The first-order chi connectivity index (χ1) is 12.8. The number of aromatic nitrogens is 2. The lowest BCUT2D eigenvalue weighted by molar-refractivity contribution is -0.122. The summed E-state index contributed by atoms with van der Waals surface area (Å²) in [5.41, 5.74) is 1.96. The zero-order valence-corrected chi connectivity index (χ0v) is 15.3. The molecule has 142 valence electrons. The van der Waals surface area contributed by atoms with E-state index < -0.39 is 5.56 Å². The van der Waals surface area contributed by atoms with Crippen molar-refractivity contribution in [1.29, 1.82) is 5.41 Å². The molecule has 2 aromatic rings. The van der Waals surface area contributed by atoms with Gasteiger partial charge in [-0.3, -0.25) is 9.59 Å². The van der Waals surface area contributed by atoms with E-state index in [2.05, 4.69) is 15.7 Å². The van der Waals surface area contributed by atoms with Gasteiger partial charge in [0.2, 0.25) is 5.91 Å². The second kappa shape index (κ2) is 7.69. The van der Waals surface area contributed by atoms with Crippen LogP contribution in [-0.2, 0) is 17.9 Å². The van der Waals surface area contributed by atoms with Gasteiger partial charge in [0.25, 0.3) is 5.56 Å². The molecule has 0 atom stereocenters. The molecule has 0 unspecified atom stereocenters. The summed E-state index contributed by atoms with van der Waals surface area (Å²) in [6.45, 7) is 3.29. The zero-order valence-electron chi connectivity index (χ0n) is 15.3. The van der Waals surface area contributed by atoms with Crippen LogP contribution in [0.2, 0.25) is 0 Å². The van der Waals surface area contributed by atoms with Crippen LogP contribution in [0.1, 0.15) is 36.5 Å². The van der Waals surface area contributed by atoms with Gasteiger partial charge in [0, 0.05) is 18.3 Å². The SMILES string of the molecule is CC(=N)c1c(NC2CC2)cnn(CC(=O)NCc2ccc(F)cc2C)c1=O. The minimum absolute atomic E-state index is 0.127. The van der Waals surface area contributed by atoms with E-state index in [1.807, 2.05) is 0 Å². The maximum Gasteiger partial charge on any atom is 0.278 e. The molecule has 8 heteroatoms. The van der Waals surface area contributed by atoms with Crippen molar-refractivity contribution < 1.29 is 9.18 Å². The first-order valence-corrected chi connectivity index (χ1v) is 8.79. The van der Waals surface area contributed by atoms with E-state index >= 15 is 0 Å². The van der Waals surface area contributed by atoms with Gasteiger partial charge < -0.3 is 16.0 Å². The summed E-state index contributed by atoms with van der Waals surface area (Å²) in [6.07, 6.45) is 3.56. The Labute approximate surface area is 156 Å². The second-order valence-electron chi connectivity index (χ2n) is 6.79. The number of carbonyl (C=O) groups excluding carboxylic acids is 1. The third kappa shape index (κ3) is 4.58. The minimum atomic E-state index is -0.471. The van der Waals surface area contributed by atoms with Gasteiger partial charge >= 0.3 is 0 Å². The topological polar surface area (TPSA) is 99.9 Å². The van der Waals surface area contributed by atoms with Gasteiger partial charge in [-0.05, 0) is 49.9 Å². The number of benzene rings is 1. The zero-order chi connectivity index (χ0) is 19.6. The molecule has 1 heterocycles. The second-order valence-corrected chi connectivity index (χ2v) is 6.79. The quantitative estimate of drug-likeness (QED) is 0.648. The molecule has 3 N–H and O–H groups in total. The van der Waals surface area contributed by atoms with E-state index in [0.717, 1.165) is 28.7 Å². The van der Waals surface area contributed by atoms with Crippen molar-refractivity contribution in [2.75, 3.05) is 5.32 Å². The summed E-state index contributed by atoms with van der Waals surface area (Å²) < 4.78 is 14.2. The highest BCUT2D eigenvalue weighted by atomic mass is 19.1. The predicted octanol–water partition coefficient (Wildman–Crippen LogP) is 1.97. The van der Waals surface area contributed by atoms with Crippen molar-refractivity contribution >= 4 is 17.3 Å². The summed E-state index contributed by atoms with van der Waals surface area (Å²) >= 11 is 0. The van der Waals surface area contributed by atoms with Crippen LogP contribution < -0.4 is 16.2 Å². The number of amides is 1. The lowest BCUT2D eigenvalue weighted by Crippen LogP contribution is -2.36. The van der Waals surface area contributed by atoms with Gasteiger partial charge in [0.05, 0.1) is 17.4 Å². The number of aryl methyl sites for hydroxylation is 1. The Morgan fingerprint density at radius 2 is 2.15 bits per heavy atom. The highest BCUT2D eigenvalue weighted by molar-refractivity contribution is 6.00. The van der Waals surface area contributed by atoms with Gasteiger partial charge in [0.1, 0.15) is 12.4 Å². The maximum absolute atomic E-state index is 13.1. The molecule has 0 radical (unpaired) electrons. The third-order valence-electron chi connectivity index (χ3n) is 4.43. The van der Waals surface area contributed by atoms with Gasteiger partial charge in [-0.25, -0.2) is 9.07 Å². The number of nitrogens with zero attached hydrogens (tertiary/aromatic N) is 2. The fourth-order valence-corrected chi connectivity index (χ4v) is 2.76. The first kappa shape index (κ1) is 18.8. The van der Waals surface area contributed by atoms with Crippen LogP contribution in [0.25, 0.3) is 0 Å². The van der Waals surface area contributed by atoms with Crippen LogP contribution >= 0.6 is 0 Å². The molecule has 1 amide bonds. The fraction of sp³-hybridized carbons (Fsp3) is 0.368. The number of halogens is 1. The van der Waals surface area contributed by atoms with E-state index in [1.165, 1.54) is 25.3 Å². The Kier molecular flexibility index (Phi) is 5.34.